The number of nitrogens with one attached hydrogen (secondary N) is 1. The molecule has 0 aliphatic carbocycles. The highest BCUT2D eigenvalue weighted by molar-refractivity contribution is 7.92. The Hall–Kier alpha value is -2.55. The van der Waals surface area contributed by atoms with Crippen molar-refractivity contribution in [3.05, 3.63) is 63.5 Å². The Morgan fingerprint density at radius 3 is 2.70 bits per heavy atom. The van der Waals surface area contributed by atoms with Gasteiger partial charge in [0, 0.05) is 11.8 Å². The summed E-state index contributed by atoms with van der Waals surface area (Å²) in [4.78, 5) is 11.9. The third-order valence-electron chi connectivity index (χ3n) is 4.20. The Balaban J connectivity index is 1.51. The van der Waals surface area contributed by atoms with Crippen LogP contribution in [0.3, 0.4) is 0 Å². The summed E-state index contributed by atoms with van der Waals surface area (Å²) in [7, 11) is -3.78. The molecule has 160 valence electrons. The molecule has 0 spiro atoms. The van der Waals surface area contributed by atoms with Crippen molar-refractivity contribution < 1.29 is 27.4 Å². The monoisotopic (exact) mass is 451 g/mol. The van der Waals surface area contributed by atoms with Crippen LogP contribution in [-0.4, -0.2) is 34.1 Å². The smallest absolute Gasteiger partial charge is 0.321 e. The summed E-state index contributed by atoms with van der Waals surface area (Å²) in [6.45, 7) is 2.40. The molecule has 0 radical (unpaired) electrons. The number of halogens is 1. The molecule has 9 heteroatoms. The molecule has 1 heterocycles. The van der Waals surface area contributed by atoms with E-state index in [2.05, 4.69) is 4.72 Å². The van der Waals surface area contributed by atoms with Crippen LogP contribution in [0.25, 0.3) is 6.08 Å². The molecule has 2 aromatic carbocycles. The normalized spacial score (nSPS) is 13.8. The molecule has 1 aliphatic rings. The lowest BCUT2D eigenvalue weighted by atomic mass is 10.2. The largest absolute Gasteiger partial charge is 0.489 e. The van der Waals surface area contributed by atoms with E-state index in [-0.39, 0.29) is 6.61 Å². The third kappa shape index (κ3) is 6.48. The number of aryl methyl sites for hydroxylation is 1. The fourth-order valence-electron chi connectivity index (χ4n) is 2.64. The van der Waals surface area contributed by atoms with E-state index in [1.54, 1.807) is 24.3 Å². The molecule has 7 nitrogen and oxygen atoms in total. The van der Waals surface area contributed by atoms with E-state index in [4.69, 9.17) is 25.8 Å². The van der Waals surface area contributed by atoms with E-state index in [1.807, 2.05) is 19.1 Å². The summed E-state index contributed by atoms with van der Waals surface area (Å²) >= 11 is 6.21. The van der Waals surface area contributed by atoms with Crippen LogP contribution in [0.15, 0.2) is 41.8 Å². The van der Waals surface area contributed by atoms with Gasteiger partial charge in [-0.05, 0) is 36.3 Å². The Labute approximate surface area is 180 Å². The minimum Gasteiger partial charge on any atom is -0.489 e. The van der Waals surface area contributed by atoms with Gasteiger partial charge in [-0.2, -0.15) is 0 Å². The number of benzene rings is 2. The lowest BCUT2D eigenvalue weighted by molar-refractivity contribution is -0.143. The van der Waals surface area contributed by atoms with Crippen molar-refractivity contribution in [3.63, 3.8) is 0 Å². The Kier molecular flexibility index (Phi) is 7.36. The lowest BCUT2D eigenvalue weighted by Crippen LogP contribution is -2.29. The molecule has 0 amide bonds. The van der Waals surface area contributed by atoms with Gasteiger partial charge in [-0.25, -0.2) is 13.1 Å². The molecule has 0 atom stereocenters. The molecule has 0 unspecified atom stereocenters. The summed E-state index contributed by atoms with van der Waals surface area (Å²) in [5.74, 6) is 0.246. The van der Waals surface area contributed by atoms with Crippen LogP contribution in [0.2, 0.25) is 5.02 Å². The van der Waals surface area contributed by atoms with E-state index < -0.39 is 22.5 Å². The van der Waals surface area contributed by atoms with E-state index in [0.29, 0.717) is 35.3 Å². The molecule has 1 aliphatic heterocycles. The minimum absolute atomic E-state index is 0.0733. The zero-order chi connectivity index (χ0) is 21.6. The first-order valence-corrected chi connectivity index (χ1v) is 11.2. The maximum absolute atomic E-state index is 12.0. The topological polar surface area (TPSA) is 90.9 Å². The van der Waals surface area contributed by atoms with Crippen molar-refractivity contribution in [3.8, 4) is 11.5 Å². The van der Waals surface area contributed by atoms with E-state index in [9.17, 15) is 13.2 Å². The van der Waals surface area contributed by atoms with E-state index in [1.165, 1.54) is 6.08 Å². The first kappa shape index (κ1) is 22.1. The predicted molar refractivity (Wildman–Crippen MR) is 114 cm³/mol. The zero-order valence-corrected chi connectivity index (χ0v) is 18.0. The number of hydrogen-bond donors (Lipinski definition) is 1. The van der Waals surface area contributed by atoms with Crippen LogP contribution in [0.1, 0.15) is 23.1 Å². The molecule has 0 saturated carbocycles. The Bertz CT molecular complexity index is 1030. The molecule has 3 rings (SSSR count). The number of ether oxygens (including phenoxy) is 3. The number of hydrogen-bond acceptors (Lipinski definition) is 6. The molecule has 2 aromatic rings. The van der Waals surface area contributed by atoms with E-state index >= 15 is 0 Å². The molecule has 0 bridgehead atoms. The van der Waals surface area contributed by atoms with Crippen LogP contribution in [0, 0.1) is 6.92 Å². The van der Waals surface area contributed by atoms with Gasteiger partial charge in [-0.15, -0.1) is 0 Å². The standard InChI is InChI=1S/C21H22ClNO6S/c1-15-3-5-16(6-4-15)7-10-30(25,26)23-13-20(24)29-14-17-11-18(22)21-19(12-17)27-8-2-9-28-21/h3-7,10-12,23H,2,8-9,13-14H2,1H3/b10-7+. The van der Waals surface area contributed by atoms with Crippen molar-refractivity contribution in [2.24, 2.45) is 0 Å². The molecule has 30 heavy (non-hydrogen) atoms. The van der Waals surface area contributed by atoms with Crippen LogP contribution < -0.4 is 14.2 Å². The Morgan fingerprint density at radius 1 is 1.20 bits per heavy atom. The second-order valence-corrected chi connectivity index (χ2v) is 8.75. The number of carbonyl (C=O) groups is 1. The fourth-order valence-corrected chi connectivity index (χ4v) is 3.68. The molecule has 0 saturated heterocycles. The predicted octanol–water partition coefficient (Wildman–Crippen LogP) is 3.44. The van der Waals surface area contributed by atoms with Crippen molar-refractivity contribution in [1.29, 1.82) is 0 Å². The number of sulfonamides is 1. The average Bonchev–Trinajstić information content (AvgIpc) is 2.96. The van der Waals surface area contributed by atoms with E-state index in [0.717, 1.165) is 23.0 Å². The van der Waals surface area contributed by atoms with Gasteiger partial charge < -0.3 is 14.2 Å². The zero-order valence-electron chi connectivity index (χ0n) is 16.4. The van der Waals surface area contributed by atoms with Gasteiger partial charge in [0.05, 0.1) is 18.2 Å². The highest BCUT2D eigenvalue weighted by atomic mass is 35.5. The fraction of sp³-hybridized carbons (Fsp3) is 0.286. The quantitative estimate of drug-likeness (QED) is 0.648. The van der Waals surface area contributed by atoms with Crippen LogP contribution in [0.4, 0.5) is 0 Å². The van der Waals surface area contributed by atoms with Gasteiger partial charge in [0.25, 0.3) is 0 Å². The second-order valence-electron chi connectivity index (χ2n) is 6.70. The summed E-state index contributed by atoms with van der Waals surface area (Å²) in [6, 6.07) is 10.7. The van der Waals surface area contributed by atoms with Crippen molar-refractivity contribution in [1.82, 2.24) is 4.72 Å². The molecule has 0 aromatic heterocycles. The van der Waals surface area contributed by atoms with Crippen molar-refractivity contribution >= 4 is 33.7 Å². The number of esters is 1. The summed E-state index contributed by atoms with van der Waals surface area (Å²) in [5, 5.41) is 1.37. The highest BCUT2D eigenvalue weighted by Crippen LogP contribution is 2.38. The number of carbonyl (C=O) groups excluding carboxylic acids is 1. The summed E-state index contributed by atoms with van der Waals surface area (Å²) < 4.78 is 42.5. The van der Waals surface area contributed by atoms with Gasteiger partial charge in [-0.3, -0.25) is 4.79 Å². The van der Waals surface area contributed by atoms with Crippen molar-refractivity contribution in [2.75, 3.05) is 19.8 Å². The van der Waals surface area contributed by atoms with Gasteiger partial charge in [0.1, 0.15) is 13.2 Å². The minimum atomic E-state index is -3.78. The first-order valence-electron chi connectivity index (χ1n) is 9.30. The van der Waals surface area contributed by atoms with Crippen molar-refractivity contribution in [2.45, 2.75) is 20.0 Å². The van der Waals surface area contributed by atoms with Crippen LogP contribution >= 0.6 is 11.6 Å². The van der Waals surface area contributed by atoms with Gasteiger partial charge >= 0.3 is 5.97 Å². The lowest BCUT2D eigenvalue weighted by Gasteiger charge is -2.12. The van der Waals surface area contributed by atoms with Gasteiger partial charge in [0.2, 0.25) is 10.0 Å². The number of fused-ring (bicyclic) bond motifs is 1. The van der Waals surface area contributed by atoms with Gasteiger partial charge in [-0.1, -0.05) is 41.4 Å². The number of rotatable bonds is 7. The third-order valence-corrected chi connectivity index (χ3v) is 5.52. The summed E-state index contributed by atoms with van der Waals surface area (Å²) in [5.41, 5.74) is 2.42. The van der Waals surface area contributed by atoms with Crippen LogP contribution in [-0.2, 0) is 26.2 Å². The SMILES string of the molecule is Cc1ccc(/C=C/S(=O)(=O)NCC(=O)OCc2cc(Cl)c3c(c2)OCCCO3)cc1. The van der Waals surface area contributed by atoms with Crippen LogP contribution in [0.5, 0.6) is 11.5 Å². The first-order chi connectivity index (χ1) is 14.3. The maximum atomic E-state index is 12.0. The molecular formula is C21H22ClNO6S. The molecular weight excluding hydrogens is 430 g/mol. The molecule has 0 fully saturated rings. The molecule has 1 N–H and O–H groups in total. The summed E-state index contributed by atoms with van der Waals surface area (Å²) in [6.07, 6.45) is 2.20. The average molecular weight is 452 g/mol. The highest BCUT2D eigenvalue weighted by Gasteiger charge is 2.16. The second kappa shape index (κ2) is 9.97. The van der Waals surface area contributed by atoms with Gasteiger partial charge in [0.15, 0.2) is 11.5 Å². The maximum Gasteiger partial charge on any atom is 0.321 e. The Morgan fingerprint density at radius 2 is 1.93 bits per heavy atom.